The zero-order valence-electron chi connectivity index (χ0n) is 11.7. The van der Waals surface area contributed by atoms with Crippen LogP contribution in [-0.4, -0.2) is 23.4 Å². The van der Waals surface area contributed by atoms with Gasteiger partial charge in [-0.2, -0.15) is 0 Å². The van der Waals surface area contributed by atoms with E-state index >= 15 is 0 Å². The Balaban J connectivity index is 2.11. The van der Waals surface area contributed by atoms with Gasteiger partial charge in [-0.25, -0.2) is 4.39 Å². The van der Waals surface area contributed by atoms with Crippen LogP contribution in [0.2, 0.25) is 5.02 Å². The summed E-state index contributed by atoms with van der Waals surface area (Å²) in [5, 5.41) is 0.333. The number of nitrogens with zero attached hydrogens (tertiary/aromatic N) is 1. The summed E-state index contributed by atoms with van der Waals surface area (Å²) in [6.07, 6.45) is 4.45. The van der Waals surface area contributed by atoms with Crippen molar-refractivity contribution in [3.8, 4) is 0 Å². The zero-order valence-corrected chi connectivity index (χ0v) is 12.4. The van der Waals surface area contributed by atoms with Gasteiger partial charge in [-0.3, -0.25) is 4.79 Å². The smallest absolute Gasteiger partial charge is 0.242 e. The standard InChI is InChI=1S/C15H20ClFN2O/c1-19(10-11-12(16)6-5-7-13(11)17)14(20)15(18)8-3-2-4-9-15/h5-7H,2-4,8-10,18H2,1H3. The van der Waals surface area contributed by atoms with E-state index in [9.17, 15) is 9.18 Å². The van der Waals surface area contributed by atoms with E-state index in [2.05, 4.69) is 0 Å². The number of halogens is 2. The minimum absolute atomic E-state index is 0.128. The number of carbonyl (C=O) groups is 1. The van der Waals surface area contributed by atoms with E-state index in [-0.39, 0.29) is 12.5 Å². The van der Waals surface area contributed by atoms with E-state index in [0.717, 1.165) is 19.3 Å². The molecule has 0 saturated heterocycles. The third-order valence-corrected chi connectivity index (χ3v) is 4.33. The van der Waals surface area contributed by atoms with Gasteiger partial charge in [0.25, 0.3) is 0 Å². The maximum atomic E-state index is 13.8. The first-order valence-corrected chi connectivity index (χ1v) is 7.29. The first-order valence-electron chi connectivity index (χ1n) is 6.91. The summed E-state index contributed by atoms with van der Waals surface area (Å²) >= 11 is 5.99. The summed E-state index contributed by atoms with van der Waals surface area (Å²) in [5.41, 5.74) is 5.75. The molecular weight excluding hydrogens is 279 g/mol. The van der Waals surface area contributed by atoms with Gasteiger partial charge < -0.3 is 10.6 Å². The van der Waals surface area contributed by atoms with Gasteiger partial charge in [-0.05, 0) is 25.0 Å². The maximum Gasteiger partial charge on any atom is 0.242 e. The Hall–Kier alpha value is -1.13. The lowest BCUT2D eigenvalue weighted by atomic mass is 9.81. The Kier molecular flexibility index (Phi) is 4.66. The van der Waals surface area contributed by atoms with Gasteiger partial charge in [-0.15, -0.1) is 0 Å². The van der Waals surface area contributed by atoms with Crippen LogP contribution in [0.4, 0.5) is 4.39 Å². The molecule has 1 aromatic carbocycles. The van der Waals surface area contributed by atoms with E-state index < -0.39 is 11.4 Å². The molecule has 0 atom stereocenters. The average Bonchev–Trinajstić information content (AvgIpc) is 2.43. The molecule has 0 unspecified atom stereocenters. The quantitative estimate of drug-likeness (QED) is 0.932. The molecule has 1 saturated carbocycles. The van der Waals surface area contributed by atoms with Crippen molar-refractivity contribution in [2.75, 3.05) is 7.05 Å². The summed E-state index contributed by atoms with van der Waals surface area (Å²) in [5.74, 6) is -0.525. The molecule has 0 radical (unpaired) electrons. The highest BCUT2D eigenvalue weighted by Crippen LogP contribution is 2.28. The SMILES string of the molecule is CN(Cc1c(F)cccc1Cl)C(=O)C1(N)CCCCC1. The zero-order chi connectivity index (χ0) is 14.8. The predicted octanol–water partition coefficient (Wildman–Crippen LogP) is 3.10. The number of carbonyl (C=O) groups excluding carboxylic acids is 1. The number of amides is 1. The fourth-order valence-electron chi connectivity index (χ4n) is 2.77. The van der Waals surface area contributed by atoms with E-state index in [4.69, 9.17) is 17.3 Å². The summed E-state index contributed by atoms with van der Waals surface area (Å²) in [6, 6.07) is 4.52. The van der Waals surface area contributed by atoms with Gasteiger partial charge >= 0.3 is 0 Å². The average molecular weight is 299 g/mol. The van der Waals surface area contributed by atoms with Crippen LogP contribution in [-0.2, 0) is 11.3 Å². The Labute approximate surface area is 123 Å². The first kappa shape index (κ1) is 15.3. The summed E-state index contributed by atoms with van der Waals surface area (Å²) < 4.78 is 13.8. The molecule has 1 aliphatic carbocycles. The Bertz CT molecular complexity index is 480. The van der Waals surface area contributed by atoms with Crippen LogP contribution in [0.15, 0.2) is 18.2 Å². The number of likely N-dealkylation sites (N-methyl/N-ethyl adjacent to an activating group) is 1. The number of rotatable bonds is 3. The second-order valence-corrected chi connectivity index (χ2v) is 5.99. The van der Waals surface area contributed by atoms with Crippen molar-refractivity contribution in [1.29, 1.82) is 0 Å². The van der Waals surface area contributed by atoms with Crippen LogP contribution in [0.3, 0.4) is 0 Å². The summed E-state index contributed by atoms with van der Waals surface area (Å²) in [6.45, 7) is 0.142. The van der Waals surface area contributed by atoms with Crippen molar-refractivity contribution >= 4 is 17.5 Å². The van der Waals surface area contributed by atoms with Gasteiger partial charge in [0.15, 0.2) is 0 Å². The van der Waals surface area contributed by atoms with Gasteiger partial charge in [0.2, 0.25) is 5.91 Å². The molecule has 1 amide bonds. The molecule has 2 N–H and O–H groups in total. The molecule has 0 spiro atoms. The molecule has 110 valence electrons. The maximum absolute atomic E-state index is 13.8. The topological polar surface area (TPSA) is 46.3 Å². The van der Waals surface area contributed by atoms with Crippen molar-refractivity contribution in [3.63, 3.8) is 0 Å². The molecule has 0 aromatic heterocycles. The van der Waals surface area contributed by atoms with Gasteiger partial charge in [0, 0.05) is 24.2 Å². The lowest BCUT2D eigenvalue weighted by molar-refractivity contribution is -0.137. The van der Waals surface area contributed by atoms with E-state index in [1.54, 1.807) is 19.2 Å². The summed E-state index contributed by atoms with van der Waals surface area (Å²) in [7, 11) is 1.65. The molecule has 1 aromatic rings. The van der Waals surface area contributed by atoms with E-state index in [1.165, 1.54) is 11.0 Å². The fourth-order valence-corrected chi connectivity index (χ4v) is 2.99. The molecule has 0 bridgehead atoms. The number of hydrogen-bond acceptors (Lipinski definition) is 2. The predicted molar refractivity (Wildman–Crippen MR) is 77.9 cm³/mol. The molecule has 5 heteroatoms. The fraction of sp³-hybridized carbons (Fsp3) is 0.533. The van der Waals surface area contributed by atoms with Crippen LogP contribution < -0.4 is 5.73 Å². The molecule has 0 heterocycles. The molecule has 3 nitrogen and oxygen atoms in total. The van der Waals surface area contributed by atoms with Crippen molar-refractivity contribution in [3.05, 3.63) is 34.6 Å². The normalized spacial score (nSPS) is 17.8. The molecule has 1 fully saturated rings. The minimum Gasteiger partial charge on any atom is -0.340 e. The second kappa shape index (κ2) is 6.10. The highest BCUT2D eigenvalue weighted by Gasteiger charge is 2.37. The van der Waals surface area contributed by atoms with Crippen LogP contribution in [0, 0.1) is 5.82 Å². The first-order chi connectivity index (χ1) is 9.44. The van der Waals surface area contributed by atoms with E-state index in [0.29, 0.717) is 23.4 Å². The number of benzene rings is 1. The lowest BCUT2D eigenvalue weighted by Gasteiger charge is -2.35. The highest BCUT2D eigenvalue weighted by molar-refractivity contribution is 6.31. The monoisotopic (exact) mass is 298 g/mol. The lowest BCUT2D eigenvalue weighted by Crippen LogP contribution is -2.55. The number of hydrogen-bond donors (Lipinski definition) is 1. The van der Waals surface area contributed by atoms with Crippen LogP contribution in [0.5, 0.6) is 0 Å². The third-order valence-electron chi connectivity index (χ3n) is 3.98. The Morgan fingerprint density at radius 3 is 2.65 bits per heavy atom. The molecule has 2 rings (SSSR count). The van der Waals surface area contributed by atoms with Crippen molar-refractivity contribution in [1.82, 2.24) is 4.90 Å². The van der Waals surface area contributed by atoms with Gasteiger partial charge in [-0.1, -0.05) is 36.9 Å². The van der Waals surface area contributed by atoms with Crippen molar-refractivity contribution in [2.45, 2.75) is 44.2 Å². The molecule has 1 aliphatic rings. The number of nitrogens with two attached hydrogens (primary N) is 1. The molecular formula is C15H20ClFN2O. The minimum atomic E-state index is -0.801. The van der Waals surface area contributed by atoms with E-state index in [1.807, 2.05) is 0 Å². The Morgan fingerprint density at radius 2 is 2.05 bits per heavy atom. The molecule has 0 aliphatic heterocycles. The van der Waals surface area contributed by atoms with Crippen molar-refractivity contribution < 1.29 is 9.18 Å². The van der Waals surface area contributed by atoms with Gasteiger partial charge in [0.1, 0.15) is 5.82 Å². The molecule has 20 heavy (non-hydrogen) atoms. The highest BCUT2D eigenvalue weighted by atomic mass is 35.5. The van der Waals surface area contributed by atoms with Crippen LogP contribution in [0.1, 0.15) is 37.7 Å². The third kappa shape index (κ3) is 3.13. The second-order valence-electron chi connectivity index (χ2n) is 5.58. The largest absolute Gasteiger partial charge is 0.340 e. The summed E-state index contributed by atoms with van der Waals surface area (Å²) in [4.78, 5) is 14.0. The van der Waals surface area contributed by atoms with Gasteiger partial charge in [0.05, 0.1) is 5.54 Å². The van der Waals surface area contributed by atoms with Crippen LogP contribution in [0.25, 0.3) is 0 Å². The Morgan fingerprint density at radius 1 is 1.40 bits per heavy atom. The van der Waals surface area contributed by atoms with Crippen LogP contribution >= 0.6 is 11.6 Å². The van der Waals surface area contributed by atoms with Crippen molar-refractivity contribution in [2.24, 2.45) is 5.73 Å².